The van der Waals surface area contributed by atoms with Crippen LogP contribution in [0.25, 0.3) is 0 Å². The molecule has 1 aliphatic rings. The summed E-state index contributed by atoms with van der Waals surface area (Å²) in [7, 11) is -3.66. The van der Waals surface area contributed by atoms with Crippen molar-refractivity contribution in [2.45, 2.75) is 44.6 Å². The molecule has 1 aromatic carbocycles. The first-order valence-electron chi connectivity index (χ1n) is 8.91. The molecular formula is C18H26N2O5S. The molecule has 1 amide bonds. The van der Waals surface area contributed by atoms with E-state index in [0.29, 0.717) is 26.2 Å². The van der Waals surface area contributed by atoms with Crippen molar-refractivity contribution in [3.8, 4) is 0 Å². The number of amides is 1. The van der Waals surface area contributed by atoms with Crippen LogP contribution in [0.1, 0.15) is 44.0 Å². The number of hydrogen-bond acceptors (Lipinski definition) is 5. The molecule has 1 aliphatic heterocycles. The van der Waals surface area contributed by atoms with Crippen LogP contribution in [-0.4, -0.2) is 61.8 Å². The largest absolute Gasteiger partial charge is 0.449 e. The van der Waals surface area contributed by atoms with Gasteiger partial charge >= 0.3 is 5.97 Å². The predicted octanol–water partition coefficient (Wildman–Crippen LogP) is 1.88. The highest BCUT2D eigenvalue weighted by atomic mass is 32.2. The minimum Gasteiger partial charge on any atom is -0.449 e. The maximum Gasteiger partial charge on any atom is 0.338 e. The highest BCUT2D eigenvalue weighted by Gasteiger charge is 2.27. The number of nitrogens with zero attached hydrogens (tertiary/aromatic N) is 2. The Balaban J connectivity index is 2.13. The van der Waals surface area contributed by atoms with Gasteiger partial charge in [-0.05, 0) is 38.0 Å². The van der Waals surface area contributed by atoms with E-state index in [1.165, 1.54) is 35.5 Å². The van der Waals surface area contributed by atoms with E-state index >= 15 is 0 Å². The van der Waals surface area contributed by atoms with Crippen LogP contribution in [0.15, 0.2) is 29.2 Å². The number of hydrogen-bond donors (Lipinski definition) is 0. The molecule has 1 fully saturated rings. The van der Waals surface area contributed by atoms with Crippen LogP contribution in [0.3, 0.4) is 0 Å². The lowest BCUT2D eigenvalue weighted by atomic mass is 10.2. The summed E-state index contributed by atoms with van der Waals surface area (Å²) >= 11 is 0. The molecular weight excluding hydrogens is 356 g/mol. The Hall–Kier alpha value is -1.93. The fraction of sp³-hybridized carbons (Fsp3) is 0.556. The Labute approximate surface area is 155 Å². The van der Waals surface area contributed by atoms with E-state index in [1.54, 1.807) is 18.7 Å². The zero-order chi connectivity index (χ0) is 19.3. The van der Waals surface area contributed by atoms with Gasteiger partial charge in [0.05, 0.1) is 10.5 Å². The average molecular weight is 382 g/mol. The molecule has 1 heterocycles. The summed E-state index contributed by atoms with van der Waals surface area (Å²) in [5.41, 5.74) is 0.110. The second-order valence-corrected chi connectivity index (χ2v) is 8.14. The van der Waals surface area contributed by atoms with Crippen LogP contribution in [0.5, 0.6) is 0 Å². The molecule has 0 radical (unpaired) electrons. The first-order chi connectivity index (χ1) is 12.3. The van der Waals surface area contributed by atoms with E-state index in [9.17, 15) is 18.0 Å². The van der Waals surface area contributed by atoms with Gasteiger partial charge in [-0.3, -0.25) is 4.79 Å². The van der Waals surface area contributed by atoms with Crippen LogP contribution in [0, 0.1) is 0 Å². The highest BCUT2D eigenvalue weighted by molar-refractivity contribution is 7.89. The third kappa shape index (κ3) is 4.42. The van der Waals surface area contributed by atoms with Crippen molar-refractivity contribution in [3.05, 3.63) is 29.8 Å². The maximum absolute atomic E-state index is 12.6. The standard InChI is InChI=1S/C18H26N2O5S/c1-4-20(5-2)26(23,24)16-10-8-9-15(13-16)18(22)25-14(3)17(21)19-11-6-7-12-19/h8-10,13-14H,4-7,11-12H2,1-3H3/t14-/m1/s1. The fourth-order valence-corrected chi connectivity index (χ4v) is 4.47. The van der Waals surface area contributed by atoms with Crippen molar-refractivity contribution in [2.75, 3.05) is 26.2 Å². The minimum atomic E-state index is -3.66. The summed E-state index contributed by atoms with van der Waals surface area (Å²) < 4.78 is 31.7. The van der Waals surface area contributed by atoms with Gasteiger partial charge in [-0.15, -0.1) is 0 Å². The van der Waals surface area contributed by atoms with Gasteiger partial charge in [-0.25, -0.2) is 13.2 Å². The number of ether oxygens (including phenoxy) is 1. The Morgan fingerprint density at radius 3 is 2.38 bits per heavy atom. The van der Waals surface area contributed by atoms with Crippen molar-refractivity contribution in [1.82, 2.24) is 9.21 Å². The summed E-state index contributed by atoms with van der Waals surface area (Å²) in [5.74, 6) is -0.926. The van der Waals surface area contributed by atoms with E-state index in [0.717, 1.165) is 12.8 Å². The summed E-state index contributed by atoms with van der Waals surface area (Å²) in [6, 6.07) is 5.73. The normalized spacial score (nSPS) is 15.9. The monoisotopic (exact) mass is 382 g/mol. The van der Waals surface area contributed by atoms with Crippen molar-refractivity contribution in [1.29, 1.82) is 0 Å². The van der Waals surface area contributed by atoms with E-state index in [-0.39, 0.29) is 16.4 Å². The lowest BCUT2D eigenvalue weighted by Gasteiger charge is -2.21. The fourth-order valence-electron chi connectivity index (χ4n) is 2.97. The molecule has 1 atom stereocenters. The molecule has 0 aliphatic carbocycles. The third-order valence-electron chi connectivity index (χ3n) is 4.46. The first-order valence-corrected chi connectivity index (χ1v) is 10.3. The van der Waals surface area contributed by atoms with Gasteiger partial charge in [-0.1, -0.05) is 19.9 Å². The van der Waals surface area contributed by atoms with Crippen molar-refractivity contribution < 1.29 is 22.7 Å². The molecule has 0 bridgehead atoms. The van der Waals surface area contributed by atoms with Gasteiger partial charge in [-0.2, -0.15) is 4.31 Å². The summed E-state index contributed by atoms with van der Waals surface area (Å²) in [5, 5.41) is 0. The zero-order valence-electron chi connectivity index (χ0n) is 15.5. The minimum absolute atomic E-state index is 0.0363. The van der Waals surface area contributed by atoms with Gasteiger partial charge in [0.2, 0.25) is 10.0 Å². The Morgan fingerprint density at radius 1 is 1.19 bits per heavy atom. The molecule has 2 rings (SSSR count). The topological polar surface area (TPSA) is 84.0 Å². The van der Waals surface area contributed by atoms with Crippen LogP contribution in [-0.2, 0) is 19.6 Å². The van der Waals surface area contributed by atoms with Crippen molar-refractivity contribution in [3.63, 3.8) is 0 Å². The molecule has 0 saturated carbocycles. The van der Waals surface area contributed by atoms with E-state index in [4.69, 9.17) is 4.74 Å². The van der Waals surface area contributed by atoms with Crippen LogP contribution < -0.4 is 0 Å². The summed E-state index contributed by atoms with van der Waals surface area (Å²) in [6.07, 6.45) is 1.01. The lowest BCUT2D eigenvalue weighted by molar-refractivity contribution is -0.138. The predicted molar refractivity (Wildman–Crippen MR) is 97.2 cm³/mol. The first kappa shape index (κ1) is 20.4. The van der Waals surface area contributed by atoms with Gasteiger partial charge in [0.15, 0.2) is 6.10 Å². The van der Waals surface area contributed by atoms with Crippen LogP contribution in [0.4, 0.5) is 0 Å². The molecule has 8 heteroatoms. The molecule has 0 unspecified atom stereocenters. The van der Waals surface area contributed by atoms with Gasteiger partial charge in [0.1, 0.15) is 0 Å². The van der Waals surface area contributed by atoms with Gasteiger partial charge < -0.3 is 9.64 Å². The molecule has 7 nitrogen and oxygen atoms in total. The Bertz CT molecular complexity index is 753. The molecule has 26 heavy (non-hydrogen) atoms. The summed E-state index contributed by atoms with van der Waals surface area (Å²) in [4.78, 5) is 26.3. The average Bonchev–Trinajstić information content (AvgIpc) is 3.16. The second-order valence-electron chi connectivity index (χ2n) is 6.20. The Morgan fingerprint density at radius 2 is 1.81 bits per heavy atom. The molecule has 1 saturated heterocycles. The van der Waals surface area contributed by atoms with Crippen LogP contribution >= 0.6 is 0 Å². The Kier molecular flexibility index (Phi) is 6.77. The highest BCUT2D eigenvalue weighted by Crippen LogP contribution is 2.18. The van der Waals surface area contributed by atoms with Gasteiger partial charge in [0, 0.05) is 26.2 Å². The SMILES string of the molecule is CCN(CC)S(=O)(=O)c1cccc(C(=O)O[C@H](C)C(=O)N2CCCC2)c1. The molecule has 0 N–H and O–H groups in total. The maximum atomic E-state index is 12.6. The number of carbonyl (C=O) groups excluding carboxylic acids is 2. The number of sulfonamides is 1. The molecule has 0 aromatic heterocycles. The molecule has 1 aromatic rings. The molecule has 0 spiro atoms. The van der Waals surface area contributed by atoms with Crippen LogP contribution in [0.2, 0.25) is 0 Å². The number of benzene rings is 1. The third-order valence-corrected chi connectivity index (χ3v) is 6.51. The van der Waals surface area contributed by atoms with Crippen molar-refractivity contribution >= 4 is 21.9 Å². The number of carbonyl (C=O) groups is 2. The number of likely N-dealkylation sites (tertiary alicyclic amines) is 1. The van der Waals surface area contributed by atoms with Crippen molar-refractivity contribution in [2.24, 2.45) is 0 Å². The van der Waals surface area contributed by atoms with Gasteiger partial charge in [0.25, 0.3) is 5.91 Å². The quantitative estimate of drug-likeness (QED) is 0.673. The van der Waals surface area contributed by atoms with E-state index < -0.39 is 22.1 Å². The summed E-state index contributed by atoms with van der Waals surface area (Å²) in [6.45, 7) is 7.09. The van der Waals surface area contributed by atoms with E-state index in [1.807, 2.05) is 0 Å². The molecule has 144 valence electrons. The second kappa shape index (κ2) is 8.64. The number of esters is 1. The van der Waals surface area contributed by atoms with E-state index in [2.05, 4.69) is 0 Å². The zero-order valence-corrected chi connectivity index (χ0v) is 16.3. The number of rotatable bonds is 7. The smallest absolute Gasteiger partial charge is 0.338 e. The lowest BCUT2D eigenvalue weighted by Crippen LogP contribution is -2.38.